The average molecular weight is 155 g/mol. The van der Waals surface area contributed by atoms with Gasteiger partial charge in [0.2, 0.25) is 0 Å². The maximum absolute atomic E-state index is 9.10. The van der Waals surface area contributed by atoms with E-state index in [9.17, 15) is 0 Å². The van der Waals surface area contributed by atoms with Crippen molar-refractivity contribution in [3.63, 3.8) is 0 Å². The summed E-state index contributed by atoms with van der Waals surface area (Å²) in [7, 11) is 1.37. The summed E-state index contributed by atoms with van der Waals surface area (Å²) in [5.41, 5.74) is 5.41. The van der Waals surface area contributed by atoms with Gasteiger partial charge in [0.05, 0.1) is 7.11 Å². The van der Waals surface area contributed by atoms with Crippen LogP contribution in [0.3, 0.4) is 0 Å². The second kappa shape index (κ2) is 2.57. The van der Waals surface area contributed by atoms with Crippen molar-refractivity contribution >= 4 is 5.69 Å². The van der Waals surface area contributed by atoms with E-state index in [4.69, 9.17) is 20.7 Å². The van der Waals surface area contributed by atoms with Crippen molar-refractivity contribution < 1.29 is 14.9 Å². The molecule has 1 aromatic carbocycles. The Morgan fingerprint density at radius 1 is 1.27 bits per heavy atom. The first-order valence-electron chi connectivity index (χ1n) is 3.01. The molecule has 4 nitrogen and oxygen atoms in total. The van der Waals surface area contributed by atoms with Gasteiger partial charge in [-0.15, -0.1) is 0 Å². The van der Waals surface area contributed by atoms with Gasteiger partial charge in [0.1, 0.15) is 11.4 Å². The molecule has 0 atom stereocenters. The van der Waals surface area contributed by atoms with Crippen LogP contribution in [0.4, 0.5) is 5.69 Å². The fraction of sp³-hybridized carbons (Fsp3) is 0.143. The Balaban J connectivity index is 3.29. The third-order valence-corrected chi connectivity index (χ3v) is 1.36. The van der Waals surface area contributed by atoms with Gasteiger partial charge in [-0.05, 0) is 12.1 Å². The highest BCUT2D eigenvalue weighted by Gasteiger charge is 2.08. The van der Waals surface area contributed by atoms with Crippen molar-refractivity contribution in [3.05, 3.63) is 12.1 Å². The SMILES string of the molecule is COc1c(O)ccc(O)c1N. The number of phenolic OH excluding ortho intramolecular Hbond substituents is 2. The zero-order valence-corrected chi connectivity index (χ0v) is 6.03. The van der Waals surface area contributed by atoms with E-state index in [0.717, 1.165) is 0 Å². The van der Waals surface area contributed by atoms with E-state index in [1.807, 2.05) is 0 Å². The number of aromatic hydroxyl groups is 2. The topological polar surface area (TPSA) is 75.7 Å². The highest BCUT2D eigenvalue weighted by Crippen LogP contribution is 2.37. The average Bonchev–Trinajstić information content (AvgIpc) is 1.99. The number of nitrogens with two attached hydrogens (primary N) is 1. The maximum atomic E-state index is 9.10. The molecule has 0 heterocycles. The molecule has 0 unspecified atom stereocenters. The zero-order chi connectivity index (χ0) is 8.43. The summed E-state index contributed by atoms with van der Waals surface area (Å²) >= 11 is 0. The van der Waals surface area contributed by atoms with E-state index in [2.05, 4.69) is 0 Å². The first-order valence-corrected chi connectivity index (χ1v) is 3.01. The Bertz CT molecular complexity index is 273. The van der Waals surface area contributed by atoms with Gasteiger partial charge in [-0.1, -0.05) is 0 Å². The number of nitrogen functional groups attached to an aromatic ring is 1. The van der Waals surface area contributed by atoms with E-state index in [-0.39, 0.29) is 22.9 Å². The molecule has 0 radical (unpaired) electrons. The van der Waals surface area contributed by atoms with Crippen molar-refractivity contribution in [1.82, 2.24) is 0 Å². The predicted molar refractivity (Wildman–Crippen MR) is 40.7 cm³/mol. The third kappa shape index (κ3) is 1.14. The number of benzene rings is 1. The normalized spacial score (nSPS) is 9.55. The number of phenols is 2. The monoisotopic (exact) mass is 155 g/mol. The van der Waals surface area contributed by atoms with Gasteiger partial charge in [0.15, 0.2) is 11.5 Å². The smallest absolute Gasteiger partial charge is 0.187 e. The molecule has 4 heteroatoms. The number of anilines is 1. The Kier molecular flexibility index (Phi) is 1.76. The third-order valence-electron chi connectivity index (χ3n) is 1.36. The molecule has 0 aliphatic carbocycles. The van der Waals surface area contributed by atoms with Gasteiger partial charge in [-0.3, -0.25) is 0 Å². The summed E-state index contributed by atoms with van der Waals surface area (Å²) in [6.07, 6.45) is 0. The van der Waals surface area contributed by atoms with Crippen LogP contribution in [-0.4, -0.2) is 17.3 Å². The maximum Gasteiger partial charge on any atom is 0.187 e. The lowest BCUT2D eigenvalue weighted by molar-refractivity contribution is 0.371. The minimum atomic E-state index is -0.0975. The molecule has 11 heavy (non-hydrogen) atoms. The van der Waals surface area contributed by atoms with Crippen LogP contribution in [0.1, 0.15) is 0 Å². The van der Waals surface area contributed by atoms with Crippen LogP contribution in [0.5, 0.6) is 17.2 Å². The highest BCUT2D eigenvalue weighted by atomic mass is 16.5. The molecule has 60 valence electrons. The van der Waals surface area contributed by atoms with Crippen LogP contribution >= 0.6 is 0 Å². The molecule has 0 amide bonds. The lowest BCUT2D eigenvalue weighted by atomic mass is 10.2. The lowest BCUT2D eigenvalue weighted by Crippen LogP contribution is -1.92. The molecular weight excluding hydrogens is 146 g/mol. The first-order chi connectivity index (χ1) is 5.16. The number of hydrogen-bond acceptors (Lipinski definition) is 4. The summed E-state index contributed by atoms with van der Waals surface area (Å²) in [5.74, 6) is -0.0764. The molecule has 1 aromatic rings. The standard InChI is InChI=1S/C7H9NO3/c1-11-7-5(10)3-2-4(9)6(7)8/h2-3,9-10H,8H2,1H3. The molecule has 0 saturated carbocycles. The van der Waals surface area contributed by atoms with E-state index in [0.29, 0.717) is 0 Å². The van der Waals surface area contributed by atoms with E-state index < -0.39 is 0 Å². The fourth-order valence-corrected chi connectivity index (χ4v) is 0.792. The second-order valence-electron chi connectivity index (χ2n) is 2.05. The zero-order valence-electron chi connectivity index (χ0n) is 6.03. The van der Waals surface area contributed by atoms with E-state index in [1.165, 1.54) is 19.2 Å². The fourth-order valence-electron chi connectivity index (χ4n) is 0.792. The van der Waals surface area contributed by atoms with Crippen molar-refractivity contribution in [2.75, 3.05) is 12.8 Å². The summed E-state index contributed by atoms with van der Waals surface area (Å²) in [6, 6.07) is 2.61. The summed E-state index contributed by atoms with van der Waals surface area (Å²) in [6.45, 7) is 0. The van der Waals surface area contributed by atoms with Gasteiger partial charge in [0, 0.05) is 0 Å². The molecule has 0 aliphatic heterocycles. The number of rotatable bonds is 1. The van der Waals surface area contributed by atoms with Crippen LogP contribution < -0.4 is 10.5 Å². The Morgan fingerprint density at radius 3 is 2.27 bits per heavy atom. The minimum absolute atomic E-state index is 0.0486. The summed E-state index contributed by atoms with van der Waals surface area (Å²) in [4.78, 5) is 0. The van der Waals surface area contributed by atoms with Crippen molar-refractivity contribution in [3.8, 4) is 17.2 Å². The molecular formula is C7H9NO3. The van der Waals surface area contributed by atoms with Crippen molar-refractivity contribution in [2.45, 2.75) is 0 Å². The molecule has 0 saturated heterocycles. The quantitative estimate of drug-likeness (QED) is 0.317. The van der Waals surface area contributed by atoms with E-state index >= 15 is 0 Å². The minimum Gasteiger partial charge on any atom is -0.506 e. The molecule has 1 rings (SSSR count). The van der Waals surface area contributed by atoms with Gasteiger partial charge < -0.3 is 20.7 Å². The van der Waals surface area contributed by atoms with Gasteiger partial charge in [0.25, 0.3) is 0 Å². The van der Waals surface area contributed by atoms with Crippen LogP contribution in [0, 0.1) is 0 Å². The van der Waals surface area contributed by atoms with Gasteiger partial charge in [-0.25, -0.2) is 0 Å². The Hall–Kier alpha value is -1.58. The summed E-state index contributed by atoms with van der Waals surface area (Å²) < 4.78 is 4.72. The second-order valence-corrected chi connectivity index (χ2v) is 2.05. The van der Waals surface area contributed by atoms with Gasteiger partial charge in [-0.2, -0.15) is 0 Å². The van der Waals surface area contributed by atoms with Crippen LogP contribution in [-0.2, 0) is 0 Å². The Morgan fingerprint density at radius 2 is 1.82 bits per heavy atom. The van der Waals surface area contributed by atoms with E-state index in [1.54, 1.807) is 0 Å². The van der Waals surface area contributed by atoms with Gasteiger partial charge >= 0.3 is 0 Å². The first kappa shape index (κ1) is 7.53. The lowest BCUT2D eigenvalue weighted by Gasteiger charge is -2.06. The number of hydrogen-bond donors (Lipinski definition) is 3. The predicted octanol–water partition coefficient (Wildman–Crippen LogP) is 0.689. The van der Waals surface area contributed by atoms with Crippen molar-refractivity contribution in [2.24, 2.45) is 0 Å². The Labute approximate surface area is 63.8 Å². The number of methoxy groups -OCH3 is 1. The molecule has 0 aromatic heterocycles. The van der Waals surface area contributed by atoms with Crippen molar-refractivity contribution in [1.29, 1.82) is 0 Å². The van der Waals surface area contributed by atoms with Crippen LogP contribution in [0.15, 0.2) is 12.1 Å². The molecule has 0 bridgehead atoms. The highest BCUT2D eigenvalue weighted by molar-refractivity contribution is 5.67. The van der Waals surface area contributed by atoms with Crippen LogP contribution in [0.2, 0.25) is 0 Å². The number of ether oxygens (including phenoxy) is 1. The molecule has 0 aliphatic rings. The summed E-state index contributed by atoms with van der Waals surface area (Å²) in [5, 5.41) is 18.1. The van der Waals surface area contributed by atoms with Crippen LogP contribution in [0.25, 0.3) is 0 Å². The molecule has 4 N–H and O–H groups in total. The molecule has 0 spiro atoms. The molecule has 0 fully saturated rings. The largest absolute Gasteiger partial charge is 0.506 e.